The first kappa shape index (κ1) is 13.8. The van der Waals surface area contributed by atoms with Crippen molar-refractivity contribution in [2.75, 3.05) is 5.43 Å². The van der Waals surface area contributed by atoms with E-state index in [2.05, 4.69) is 33.0 Å². The van der Waals surface area contributed by atoms with Crippen molar-refractivity contribution in [3.05, 3.63) is 28.2 Å². The van der Waals surface area contributed by atoms with Gasteiger partial charge < -0.3 is 5.11 Å². The van der Waals surface area contributed by atoms with Crippen LogP contribution in [-0.2, 0) is 0 Å². The topological polar surface area (TPSA) is 113 Å². The minimum absolute atomic E-state index is 0.0842. The molecular weight excluding hydrogens is 271 g/mol. The van der Waals surface area contributed by atoms with E-state index in [-0.39, 0.29) is 5.56 Å². The van der Waals surface area contributed by atoms with E-state index in [0.717, 1.165) is 0 Å². The Morgan fingerprint density at radius 2 is 2.07 bits per heavy atom. The lowest BCUT2D eigenvalue weighted by Crippen LogP contribution is -2.11. The van der Waals surface area contributed by atoms with Gasteiger partial charge in [-0.25, -0.2) is 4.79 Å². The molecule has 0 heterocycles. The predicted molar refractivity (Wildman–Crippen MR) is 57.3 cm³/mol. The van der Waals surface area contributed by atoms with E-state index in [1.807, 2.05) is 0 Å². The van der Waals surface area contributed by atoms with Gasteiger partial charge in [0.05, 0.1) is 11.3 Å². The van der Waals surface area contributed by atoms with Gasteiger partial charge in [0.2, 0.25) is 0 Å². The van der Waals surface area contributed by atoms with Crippen molar-refractivity contribution in [2.45, 2.75) is 0 Å². The van der Waals surface area contributed by atoms with E-state index in [1.165, 1.54) is 23.8 Å². The fourth-order valence-corrected chi connectivity index (χ4v) is 1.15. The number of nitrogens with two attached hydrogens (primary N) is 2. The number of carbonyl (C=O) groups is 1. The molecule has 0 aliphatic heterocycles. The summed E-state index contributed by atoms with van der Waals surface area (Å²) in [6.07, 6.45) is 0. The Labute approximate surface area is 93.4 Å². The van der Waals surface area contributed by atoms with Gasteiger partial charge in [0.15, 0.2) is 0 Å². The minimum atomic E-state index is -1.06. The number of carboxylic acid groups (broad SMARTS) is 1. The number of carboxylic acids is 1. The third-order valence-electron chi connectivity index (χ3n) is 1.40. The first-order valence-electron chi connectivity index (χ1n) is 3.63. The first-order chi connectivity index (χ1) is 7.15. The van der Waals surface area contributed by atoms with Crippen LogP contribution in [0, 0.1) is 0 Å². The highest BCUT2D eigenvalue weighted by Crippen LogP contribution is 2.22. The fraction of sp³-hybridized carbons (Fsp3) is 0. The monoisotopic (exact) mass is 280 g/mol. The second-order valence-electron chi connectivity index (χ2n) is 2.22. The minimum Gasteiger partial charge on any atom is -0.478 e. The molecule has 0 unspecified atom stereocenters. The van der Waals surface area contributed by atoms with Gasteiger partial charge in [-0.05, 0) is 34.1 Å². The normalized spacial score (nSPS) is 8.80. The Kier molecular flexibility index (Phi) is 6.54. The van der Waals surface area contributed by atoms with Crippen LogP contribution >= 0.6 is 15.9 Å². The van der Waals surface area contributed by atoms with E-state index in [1.54, 1.807) is 0 Å². The zero-order chi connectivity index (χ0) is 11.8. The van der Waals surface area contributed by atoms with Crippen molar-refractivity contribution in [1.29, 1.82) is 0 Å². The summed E-state index contributed by atoms with van der Waals surface area (Å²) in [5.41, 5.74) is 3.77. The molecule has 0 amide bonds. The summed E-state index contributed by atoms with van der Waals surface area (Å²) in [5.74, 6) is 6.94. The first-order valence-corrected chi connectivity index (χ1v) is 4.42. The molecular formula is C7H10BrFN4O2. The summed E-state index contributed by atoms with van der Waals surface area (Å²) >= 11 is 3.12. The third-order valence-corrected chi connectivity index (χ3v) is 2.09. The number of rotatable bonds is 3. The summed E-state index contributed by atoms with van der Waals surface area (Å²) in [6, 6.07) is 4.23. The molecule has 0 saturated heterocycles. The van der Waals surface area contributed by atoms with E-state index in [9.17, 15) is 9.28 Å². The molecule has 0 spiro atoms. The molecule has 0 saturated carbocycles. The van der Waals surface area contributed by atoms with Gasteiger partial charge in [0, 0.05) is 4.47 Å². The molecule has 0 atom stereocenters. The molecule has 0 fully saturated rings. The van der Waals surface area contributed by atoms with Gasteiger partial charge in [-0.3, -0.25) is 17.1 Å². The lowest BCUT2D eigenvalue weighted by Gasteiger charge is -2.05. The van der Waals surface area contributed by atoms with E-state index >= 15 is 0 Å². The highest BCUT2D eigenvalue weighted by molar-refractivity contribution is 9.10. The van der Waals surface area contributed by atoms with Crippen molar-refractivity contribution in [1.82, 2.24) is 5.65 Å². The highest BCUT2D eigenvalue weighted by atomic mass is 79.9. The number of aromatic carboxylic acids is 1. The number of hydrogen-bond acceptors (Lipinski definition) is 5. The molecule has 7 N–H and O–H groups in total. The largest absolute Gasteiger partial charge is 0.478 e. The Morgan fingerprint density at radius 3 is 2.53 bits per heavy atom. The number of hydrogen-bond donors (Lipinski definition) is 5. The van der Waals surface area contributed by atoms with Crippen LogP contribution in [0.2, 0.25) is 0 Å². The number of benzene rings is 1. The van der Waals surface area contributed by atoms with Gasteiger partial charge in [0.25, 0.3) is 0 Å². The highest BCUT2D eigenvalue weighted by Gasteiger charge is 2.05. The van der Waals surface area contributed by atoms with Gasteiger partial charge in [-0.1, -0.05) is 5.65 Å². The molecule has 15 heavy (non-hydrogen) atoms. The second-order valence-corrected chi connectivity index (χ2v) is 3.07. The summed E-state index contributed by atoms with van der Waals surface area (Å²) in [5, 5.41) is 8.61. The molecule has 1 rings (SSSR count). The van der Waals surface area contributed by atoms with E-state index < -0.39 is 5.97 Å². The summed E-state index contributed by atoms with van der Waals surface area (Å²) in [4.78, 5) is 10.5. The molecule has 6 nitrogen and oxygen atoms in total. The maximum atomic E-state index is 11.7. The van der Waals surface area contributed by atoms with Gasteiger partial charge in [-0.15, -0.1) is 4.48 Å². The van der Waals surface area contributed by atoms with E-state index in [0.29, 0.717) is 10.2 Å². The van der Waals surface area contributed by atoms with Crippen LogP contribution in [0.15, 0.2) is 22.7 Å². The quantitative estimate of drug-likeness (QED) is 0.317. The zero-order valence-corrected chi connectivity index (χ0v) is 9.08. The van der Waals surface area contributed by atoms with E-state index in [4.69, 9.17) is 5.11 Å². The van der Waals surface area contributed by atoms with Crippen molar-refractivity contribution in [3.63, 3.8) is 0 Å². The standard InChI is InChI=1S/C7H6BrFN2O2.H4N2/c8-5-2-1-4(7(12)13)3-6(5)10-11-9;1-2/h1-3,10-11H,(H,12,13);1-2H2. The number of anilines is 1. The molecule has 8 heteroatoms. The molecule has 0 aromatic heterocycles. The smallest absolute Gasteiger partial charge is 0.335 e. The Bertz CT molecular complexity index is 337. The Morgan fingerprint density at radius 1 is 1.47 bits per heavy atom. The summed E-state index contributed by atoms with van der Waals surface area (Å²) in [7, 11) is 0. The summed E-state index contributed by atoms with van der Waals surface area (Å²) < 4.78 is 12.2. The Balaban J connectivity index is 0.000000921. The molecule has 0 aliphatic carbocycles. The average molecular weight is 281 g/mol. The predicted octanol–water partition coefficient (Wildman–Crippen LogP) is 0.767. The maximum absolute atomic E-state index is 11.7. The molecule has 0 bridgehead atoms. The van der Waals surface area contributed by atoms with Crippen LogP contribution < -0.4 is 22.8 Å². The third kappa shape index (κ3) is 4.21. The lowest BCUT2D eigenvalue weighted by atomic mass is 10.2. The van der Waals surface area contributed by atoms with Gasteiger partial charge in [0.1, 0.15) is 0 Å². The second kappa shape index (κ2) is 7.12. The summed E-state index contributed by atoms with van der Waals surface area (Å²) in [6.45, 7) is 0. The molecule has 84 valence electrons. The van der Waals surface area contributed by atoms with Crippen molar-refractivity contribution >= 4 is 27.6 Å². The van der Waals surface area contributed by atoms with Crippen LogP contribution in [0.1, 0.15) is 10.4 Å². The van der Waals surface area contributed by atoms with Gasteiger partial charge >= 0.3 is 5.97 Å². The van der Waals surface area contributed by atoms with Crippen LogP contribution in [0.4, 0.5) is 10.2 Å². The van der Waals surface area contributed by atoms with Gasteiger partial charge in [-0.2, -0.15) is 0 Å². The SMILES string of the molecule is NN.O=C(O)c1ccc(Br)c(NNF)c1. The van der Waals surface area contributed by atoms with Crippen LogP contribution in [-0.4, -0.2) is 11.1 Å². The van der Waals surface area contributed by atoms with Crippen molar-refractivity contribution in [2.24, 2.45) is 11.7 Å². The van der Waals surface area contributed by atoms with Crippen LogP contribution in [0.25, 0.3) is 0 Å². The Hall–Kier alpha value is -1.22. The number of nitrogens with one attached hydrogen (secondary N) is 2. The zero-order valence-electron chi connectivity index (χ0n) is 7.50. The average Bonchev–Trinajstić information content (AvgIpc) is 2.24. The molecule has 1 aromatic carbocycles. The fourth-order valence-electron chi connectivity index (χ4n) is 0.805. The van der Waals surface area contributed by atoms with Crippen LogP contribution in [0.5, 0.6) is 0 Å². The van der Waals surface area contributed by atoms with Crippen LogP contribution in [0.3, 0.4) is 0 Å². The molecule has 0 radical (unpaired) electrons. The molecule has 0 aliphatic rings. The maximum Gasteiger partial charge on any atom is 0.335 e. The lowest BCUT2D eigenvalue weighted by molar-refractivity contribution is 0.0697. The van der Waals surface area contributed by atoms with Crippen molar-refractivity contribution < 1.29 is 14.4 Å². The molecule has 1 aromatic rings. The van der Waals surface area contributed by atoms with Crippen molar-refractivity contribution in [3.8, 4) is 0 Å². The number of halogens is 2. The number of hydrazine groups is 2.